The minimum Gasteiger partial charge on any atom is -0.396 e. The first-order valence-electron chi connectivity index (χ1n) is 4.96. The van der Waals surface area contributed by atoms with Crippen molar-refractivity contribution in [3.05, 3.63) is 0 Å². The Labute approximate surface area is 73.8 Å². The zero-order chi connectivity index (χ0) is 8.39. The van der Waals surface area contributed by atoms with Crippen LogP contribution < -0.4 is 5.32 Å². The number of fused-ring (bicyclic) bond motifs is 1. The van der Waals surface area contributed by atoms with Crippen LogP contribution in [0.2, 0.25) is 0 Å². The van der Waals surface area contributed by atoms with Gasteiger partial charge in [-0.1, -0.05) is 0 Å². The predicted octanol–water partition coefficient (Wildman–Crippen LogP) is -0.337. The number of piperazine rings is 1. The Kier molecular flexibility index (Phi) is 2.63. The molecule has 2 atom stereocenters. The van der Waals surface area contributed by atoms with Gasteiger partial charge in [0.15, 0.2) is 0 Å². The van der Waals surface area contributed by atoms with E-state index in [-0.39, 0.29) is 0 Å². The standard InChI is InChI=1S/C9H18N2O/c12-7-8-1-3-11-4-2-10-6-9(11)5-8/h8-10,12H,1-7H2. The monoisotopic (exact) mass is 170 g/mol. The van der Waals surface area contributed by atoms with Gasteiger partial charge in [0.2, 0.25) is 0 Å². The number of aliphatic hydroxyl groups excluding tert-OH is 1. The van der Waals surface area contributed by atoms with Gasteiger partial charge in [0, 0.05) is 32.3 Å². The smallest absolute Gasteiger partial charge is 0.0460 e. The van der Waals surface area contributed by atoms with E-state index in [1.807, 2.05) is 0 Å². The molecule has 2 N–H and O–H groups in total. The zero-order valence-electron chi connectivity index (χ0n) is 7.50. The van der Waals surface area contributed by atoms with Gasteiger partial charge in [-0.3, -0.25) is 4.90 Å². The van der Waals surface area contributed by atoms with Crippen molar-refractivity contribution in [1.29, 1.82) is 0 Å². The summed E-state index contributed by atoms with van der Waals surface area (Å²) >= 11 is 0. The third-order valence-electron chi connectivity index (χ3n) is 3.16. The molecule has 2 unspecified atom stereocenters. The second kappa shape index (κ2) is 3.73. The number of nitrogens with one attached hydrogen (secondary N) is 1. The molecule has 0 radical (unpaired) electrons. The molecule has 2 fully saturated rings. The molecule has 70 valence electrons. The molecule has 0 aromatic heterocycles. The van der Waals surface area contributed by atoms with Crippen LogP contribution in [0.3, 0.4) is 0 Å². The van der Waals surface area contributed by atoms with Crippen LogP contribution in [0.4, 0.5) is 0 Å². The van der Waals surface area contributed by atoms with E-state index in [9.17, 15) is 0 Å². The second-order valence-electron chi connectivity index (χ2n) is 3.97. The lowest BCUT2D eigenvalue weighted by atomic mass is 9.90. The van der Waals surface area contributed by atoms with E-state index < -0.39 is 0 Å². The van der Waals surface area contributed by atoms with Crippen LogP contribution in [0.5, 0.6) is 0 Å². The number of aliphatic hydroxyl groups is 1. The van der Waals surface area contributed by atoms with Crippen LogP contribution in [-0.4, -0.2) is 48.8 Å². The van der Waals surface area contributed by atoms with Gasteiger partial charge in [0.1, 0.15) is 0 Å². The molecule has 0 aromatic carbocycles. The second-order valence-corrected chi connectivity index (χ2v) is 3.97. The van der Waals surface area contributed by atoms with E-state index in [0.717, 1.165) is 13.1 Å². The molecule has 0 aliphatic carbocycles. The Bertz CT molecular complexity index is 151. The SMILES string of the molecule is OCC1CCN2CCNCC2C1. The van der Waals surface area contributed by atoms with Crippen LogP contribution >= 0.6 is 0 Å². The molecule has 0 spiro atoms. The van der Waals surface area contributed by atoms with Gasteiger partial charge in [0.05, 0.1) is 0 Å². The third-order valence-corrected chi connectivity index (χ3v) is 3.16. The van der Waals surface area contributed by atoms with Gasteiger partial charge in [-0.2, -0.15) is 0 Å². The third kappa shape index (κ3) is 1.63. The van der Waals surface area contributed by atoms with Crippen LogP contribution in [0, 0.1) is 5.92 Å². The molecular formula is C9H18N2O. The van der Waals surface area contributed by atoms with Gasteiger partial charge in [-0.05, 0) is 25.3 Å². The summed E-state index contributed by atoms with van der Waals surface area (Å²) in [6.07, 6.45) is 2.37. The Hall–Kier alpha value is -0.120. The minimum atomic E-state index is 0.379. The average molecular weight is 170 g/mol. The molecule has 0 amide bonds. The fraction of sp³-hybridized carbons (Fsp3) is 1.00. The molecule has 2 aliphatic rings. The van der Waals surface area contributed by atoms with E-state index in [1.165, 1.54) is 25.9 Å². The van der Waals surface area contributed by atoms with E-state index in [4.69, 9.17) is 5.11 Å². The lowest BCUT2D eigenvalue weighted by Crippen LogP contribution is -2.54. The molecule has 3 nitrogen and oxygen atoms in total. The van der Waals surface area contributed by atoms with Crippen LogP contribution in [0.1, 0.15) is 12.8 Å². The summed E-state index contributed by atoms with van der Waals surface area (Å²) in [7, 11) is 0. The molecular weight excluding hydrogens is 152 g/mol. The number of rotatable bonds is 1. The molecule has 3 heteroatoms. The van der Waals surface area contributed by atoms with Crippen molar-refractivity contribution in [2.24, 2.45) is 5.92 Å². The largest absolute Gasteiger partial charge is 0.396 e. The number of piperidine rings is 1. The fourth-order valence-corrected chi connectivity index (χ4v) is 2.35. The quantitative estimate of drug-likeness (QED) is 0.565. The van der Waals surface area contributed by atoms with Crippen molar-refractivity contribution < 1.29 is 5.11 Å². The van der Waals surface area contributed by atoms with Gasteiger partial charge >= 0.3 is 0 Å². The summed E-state index contributed by atoms with van der Waals surface area (Å²) < 4.78 is 0. The van der Waals surface area contributed by atoms with Crippen molar-refractivity contribution in [2.45, 2.75) is 18.9 Å². The van der Waals surface area contributed by atoms with Crippen LogP contribution in [-0.2, 0) is 0 Å². The maximum atomic E-state index is 9.04. The summed E-state index contributed by atoms with van der Waals surface area (Å²) in [5.74, 6) is 0.561. The average Bonchev–Trinajstić information content (AvgIpc) is 2.17. The van der Waals surface area contributed by atoms with Gasteiger partial charge in [0.25, 0.3) is 0 Å². The summed E-state index contributed by atoms with van der Waals surface area (Å²) in [5, 5.41) is 12.4. The van der Waals surface area contributed by atoms with E-state index in [0.29, 0.717) is 18.6 Å². The Morgan fingerprint density at radius 3 is 3.17 bits per heavy atom. The number of nitrogens with zero attached hydrogens (tertiary/aromatic N) is 1. The van der Waals surface area contributed by atoms with Gasteiger partial charge < -0.3 is 10.4 Å². The lowest BCUT2D eigenvalue weighted by Gasteiger charge is -2.42. The maximum Gasteiger partial charge on any atom is 0.0460 e. The van der Waals surface area contributed by atoms with Crippen molar-refractivity contribution in [3.8, 4) is 0 Å². The molecule has 2 heterocycles. The van der Waals surface area contributed by atoms with E-state index in [1.54, 1.807) is 0 Å². The highest BCUT2D eigenvalue weighted by atomic mass is 16.3. The van der Waals surface area contributed by atoms with Crippen LogP contribution in [0.25, 0.3) is 0 Å². The topological polar surface area (TPSA) is 35.5 Å². The minimum absolute atomic E-state index is 0.379. The maximum absolute atomic E-state index is 9.04. The molecule has 0 bridgehead atoms. The summed E-state index contributed by atoms with van der Waals surface area (Å²) in [5.41, 5.74) is 0. The highest BCUT2D eigenvalue weighted by molar-refractivity contribution is 4.86. The molecule has 12 heavy (non-hydrogen) atoms. The van der Waals surface area contributed by atoms with Crippen molar-refractivity contribution >= 4 is 0 Å². The number of hydrogen-bond donors (Lipinski definition) is 2. The lowest BCUT2D eigenvalue weighted by molar-refractivity contribution is 0.0649. The van der Waals surface area contributed by atoms with Crippen molar-refractivity contribution in [3.63, 3.8) is 0 Å². The van der Waals surface area contributed by atoms with E-state index in [2.05, 4.69) is 10.2 Å². The Morgan fingerprint density at radius 2 is 2.33 bits per heavy atom. The van der Waals surface area contributed by atoms with Crippen molar-refractivity contribution in [2.75, 3.05) is 32.8 Å². The highest BCUT2D eigenvalue weighted by Gasteiger charge is 2.29. The number of hydrogen-bond acceptors (Lipinski definition) is 3. The molecule has 0 aromatic rings. The summed E-state index contributed by atoms with van der Waals surface area (Å²) in [6.45, 7) is 5.03. The summed E-state index contributed by atoms with van der Waals surface area (Å²) in [6, 6.07) is 0.699. The summed E-state index contributed by atoms with van der Waals surface area (Å²) in [4.78, 5) is 2.56. The Balaban J connectivity index is 1.90. The first kappa shape index (κ1) is 8.48. The van der Waals surface area contributed by atoms with Gasteiger partial charge in [-0.25, -0.2) is 0 Å². The predicted molar refractivity (Wildman–Crippen MR) is 48.0 cm³/mol. The van der Waals surface area contributed by atoms with Crippen molar-refractivity contribution in [1.82, 2.24) is 10.2 Å². The highest BCUT2D eigenvalue weighted by Crippen LogP contribution is 2.22. The molecule has 2 saturated heterocycles. The van der Waals surface area contributed by atoms with E-state index >= 15 is 0 Å². The first-order chi connectivity index (χ1) is 5.90. The molecule has 2 rings (SSSR count). The van der Waals surface area contributed by atoms with Crippen LogP contribution in [0.15, 0.2) is 0 Å². The molecule has 2 aliphatic heterocycles. The zero-order valence-corrected chi connectivity index (χ0v) is 7.50. The first-order valence-corrected chi connectivity index (χ1v) is 4.96. The fourth-order valence-electron chi connectivity index (χ4n) is 2.35. The van der Waals surface area contributed by atoms with Gasteiger partial charge in [-0.15, -0.1) is 0 Å². The molecule has 0 saturated carbocycles. The Morgan fingerprint density at radius 1 is 1.42 bits per heavy atom. The normalized spacial score (nSPS) is 37.8.